The first kappa shape index (κ1) is 35.2. The molecule has 1 aromatic rings. The van der Waals surface area contributed by atoms with Gasteiger partial charge in [-0.2, -0.15) is 0 Å². The fourth-order valence-corrected chi connectivity index (χ4v) is 4.77. The molecule has 0 bridgehead atoms. The largest absolute Gasteiger partial charge is 0.491 e. The van der Waals surface area contributed by atoms with E-state index in [-0.39, 0.29) is 36.5 Å². The lowest BCUT2D eigenvalue weighted by Crippen LogP contribution is -2.61. The van der Waals surface area contributed by atoms with E-state index < -0.39 is 28.9 Å². The number of hydrogen-bond donors (Lipinski definition) is 2. The van der Waals surface area contributed by atoms with Crippen LogP contribution in [-0.4, -0.2) is 67.6 Å². The van der Waals surface area contributed by atoms with E-state index in [1.807, 2.05) is 86.6 Å². The first-order chi connectivity index (χ1) is 18.4. The second kappa shape index (κ2) is 14.7. The highest BCUT2D eigenvalue weighted by molar-refractivity contribution is 5.92. The second-order valence-corrected chi connectivity index (χ2v) is 12.7. The Morgan fingerprint density at radius 3 is 1.95 bits per heavy atom. The molecule has 3 atom stereocenters. The van der Waals surface area contributed by atoms with E-state index in [0.717, 1.165) is 11.3 Å². The highest BCUT2D eigenvalue weighted by Gasteiger charge is 2.41. The normalized spacial score (nSPS) is 14.9. The molecule has 0 saturated heterocycles. The number of ether oxygens (including phenoxy) is 2. The van der Waals surface area contributed by atoms with Crippen molar-refractivity contribution in [2.45, 2.75) is 106 Å². The van der Waals surface area contributed by atoms with Gasteiger partial charge in [0.05, 0.1) is 24.8 Å². The molecule has 0 fully saturated rings. The molecule has 0 spiro atoms. The maximum atomic E-state index is 13.9. The fraction of sp³-hybridized carbons (Fsp3) is 0.656. The smallest absolute Gasteiger partial charge is 0.333 e. The topological polar surface area (TPSA) is 97.0 Å². The van der Waals surface area contributed by atoms with Crippen LogP contribution < -0.4 is 15.4 Å². The third-order valence-electron chi connectivity index (χ3n) is 7.14. The van der Waals surface area contributed by atoms with Crippen molar-refractivity contribution in [3.05, 3.63) is 41.5 Å². The van der Waals surface area contributed by atoms with E-state index in [2.05, 4.69) is 10.6 Å². The van der Waals surface area contributed by atoms with Crippen LogP contribution in [0.4, 0.5) is 0 Å². The van der Waals surface area contributed by atoms with Gasteiger partial charge >= 0.3 is 5.97 Å². The zero-order valence-electron chi connectivity index (χ0n) is 27.0. The van der Waals surface area contributed by atoms with Crippen LogP contribution in [0.25, 0.3) is 0 Å². The minimum Gasteiger partial charge on any atom is -0.491 e. The van der Waals surface area contributed by atoms with Crippen molar-refractivity contribution in [1.82, 2.24) is 15.5 Å². The Morgan fingerprint density at radius 1 is 0.975 bits per heavy atom. The highest BCUT2D eigenvalue weighted by Crippen LogP contribution is 2.30. The summed E-state index contributed by atoms with van der Waals surface area (Å²) >= 11 is 0. The number of likely N-dealkylation sites (N-methyl/N-ethyl adjacent to an activating group) is 2. The van der Waals surface area contributed by atoms with Crippen molar-refractivity contribution in [3.8, 4) is 5.75 Å². The summed E-state index contributed by atoms with van der Waals surface area (Å²) in [6.45, 7) is 21.5. The molecule has 2 N–H and O–H groups in total. The Balaban J connectivity index is 3.29. The van der Waals surface area contributed by atoms with Crippen LogP contribution in [0.2, 0.25) is 0 Å². The van der Waals surface area contributed by atoms with Gasteiger partial charge in [-0.05, 0) is 63.8 Å². The second-order valence-electron chi connectivity index (χ2n) is 12.7. The number of carbonyl (C=O) groups excluding carboxylic acids is 3. The Bertz CT molecular complexity index is 1020. The predicted octanol–water partition coefficient (Wildman–Crippen LogP) is 4.86. The quantitative estimate of drug-likeness (QED) is 0.265. The lowest BCUT2D eigenvalue weighted by molar-refractivity contribution is -0.141. The summed E-state index contributed by atoms with van der Waals surface area (Å²) in [6, 6.07) is 6.01. The fourth-order valence-electron chi connectivity index (χ4n) is 4.77. The summed E-state index contributed by atoms with van der Waals surface area (Å²) in [4.78, 5) is 41.6. The summed E-state index contributed by atoms with van der Waals surface area (Å²) in [7, 11) is 3.47. The number of rotatable bonds is 13. The van der Waals surface area contributed by atoms with Crippen LogP contribution in [0, 0.1) is 11.3 Å². The average Bonchev–Trinajstić information content (AvgIpc) is 2.84. The Labute approximate surface area is 242 Å². The molecule has 0 aliphatic carbocycles. The number of nitrogens with zero attached hydrogens (tertiary/aromatic N) is 1. The first-order valence-corrected chi connectivity index (χ1v) is 14.2. The first-order valence-electron chi connectivity index (χ1n) is 14.2. The lowest BCUT2D eigenvalue weighted by atomic mass is 9.76. The van der Waals surface area contributed by atoms with E-state index >= 15 is 0 Å². The SMILES string of the molecule is CCOC(=O)/C(C)=C/[C@H](C(C)C)N(C)C(=O)[C@@H](NC(=O)[C@@H](NC)C(C)(C)c1ccc(OC(C)C)cc1)C(C)(C)C. The molecule has 0 aliphatic heterocycles. The van der Waals surface area contributed by atoms with Gasteiger partial charge in [0, 0.05) is 18.0 Å². The van der Waals surface area contributed by atoms with Crippen molar-refractivity contribution in [2.75, 3.05) is 20.7 Å². The van der Waals surface area contributed by atoms with Gasteiger partial charge in [0.25, 0.3) is 0 Å². The molecule has 2 amide bonds. The maximum absolute atomic E-state index is 13.9. The molecule has 8 heteroatoms. The molecule has 0 heterocycles. The summed E-state index contributed by atoms with van der Waals surface area (Å²) in [6.07, 6.45) is 1.84. The van der Waals surface area contributed by atoms with E-state index in [1.54, 1.807) is 38.9 Å². The van der Waals surface area contributed by atoms with Crippen molar-refractivity contribution >= 4 is 17.8 Å². The third kappa shape index (κ3) is 9.36. The number of hydrogen-bond acceptors (Lipinski definition) is 6. The van der Waals surface area contributed by atoms with Crippen LogP contribution in [0.3, 0.4) is 0 Å². The van der Waals surface area contributed by atoms with Crippen molar-refractivity contribution in [2.24, 2.45) is 11.3 Å². The van der Waals surface area contributed by atoms with Gasteiger partial charge in [0.15, 0.2) is 0 Å². The summed E-state index contributed by atoms with van der Waals surface area (Å²) in [5, 5.41) is 6.24. The maximum Gasteiger partial charge on any atom is 0.333 e. The summed E-state index contributed by atoms with van der Waals surface area (Å²) < 4.78 is 10.9. The van der Waals surface area contributed by atoms with Crippen LogP contribution >= 0.6 is 0 Å². The molecular weight excluding hydrogens is 506 g/mol. The minimum absolute atomic E-state index is 0.0290. The van der Waals surface area contributed by atoms with E-state index in [1.165, 1.54) is 0 Å². The van der Waals surface area contributed by atoms with Crippen molar-refractivity contribution in [3.63, 3.8) is 0 Å². The van der Waals surface area contributed by atoms with E-state index in [9.17, 15) is 14.4 Å². The Kier molecular flexibility index (Phi) is 12.9. The van der Waals surface area contributed by atoms with Crippen LogP contribution in [0.5, 0.6) is 5.75 Å². The summed E-state index contributed by atoms with van der Waals surface area (Å²) in [5.41, 5.74) is 0.249. The third-order valence-corrected chi connectivity index (χ3v) is 7.14. The van der Waals surface area contributed by atoms with Crippen LogP contribution in [0.1, 0.15) is 81.7 Å². The monoisotopic (exact) mass is 559 g/mol. The zero-order chi connectivity index (χ0) is 31.0. The zero-order valence-corrected chi connectivity index (χ0v) is 27.0. The number of amides is 2. The number of benzene rings is 1. The number of esters is 1. The molecular formula is C32H53N3O5. The molecule has 0 saturated carbocycles. The highest BCUT2D eigenvalue weighted by atomic mass is 16.5. The summed E-state index contributed by atoms with van der Waals surface area (Å²) in [5.74, 6) is -0.0985. The van der Waals surface area contributed by atoms with Gasteiger partial charge in [-0.3, -0.25) is 9.59 Å². The average molecular weight is 560 g/mol. The minimum atomic E-state index is -0.795. The van der Waals surface area contributed by atoms with Gasteiger partial charge in [0.1, 0.15) is 11.8 Å². The molecule has 0 aromatic heterocycles. The predicted molar refractivity (Wildman–Crippen MR) is 161 cm³/mol. The van der Waals surface area contributed by atoms with Gasteiger partial charge in [-0.15, -0.1) is 0 Å². The van der Waals surface area contributed by atoms with Gasteiger partial charge < -0.3 is 25.0 Å². The molecule has 8 nitrogen and oxygen atoms in total. The Hall–Kier alpha value is -2.87. The lowest BCUT2D eigenvalue weighted by Gasteiger charge is -2.40. The van der Waals surface area contributed by atoms with E-state index in [4.69, 9.17) is 9.47 Å². The van der Waals surface area contributed by atoms with Gasteiger partial charge in [0.2, 0.25) is 11.8 Å². The Morgan fingerprint density at radius 2 is 1.52 bits per heavy atom. The van der Waals surface area contributed by atoms with Crippen LogP contribution in [0.15, 0.2) is 35.9 Å². The number of carbonyl (C=O) groups is 3. The molecule has 0 unspecified atom stereocenters. The number of nitrogens with one attached hydrogen (secondary N) is 2. The molecule has 226 valence electrons. The molecule has 40 heavy (non-hydrogen) atoms. The van der Waals surface area contributed by atoms with Gasteiger partial charge in [-0.25, -0.2) is 4.79 Å². The van der Waals surface area contributed by atoms with Crippen LogP contribution in [-0.2, 0) is 24.5 Å². The standard InChI is InChI=1S/C32H53N3O5/c1-14-39-30(38)22(6)19-25(20(2)3)35(13)29(37)27(31(7,8)9)34-28(36)26(33-12)32(10,11)23-15-17-24(18-16-23)40-21(4)5/h15-21,25-27,33H,14H2,1-13H3,(H,34,36)/b22-19+/t25-,26-,27-/m1/s1. The molecule has 1 rings (SSSR count). The van der Waals surface area contributed by atoms with Gasteiger partial charge in [-0.1, -0.05) is 66.7 Å². The molecule has 0 aliphatic rings. The van der Waals surface area contributed by atoms with E-state index in [0.29, 0.717) is 5.57 Å². The van der Waals surface area contributed by atoms with Crippen molar-refractivity contribution in [1.29, 1.82) is 0 Å². The molecule has 0 radical (unpaired) electrons. The van der Waals surface area contributed by atoms with Crippen molar-refractivity contribution < 1.29 is 23.9 Å². The molecule has 1 aromatic carbocycles.